The summed E-state index contributed by atoms with van der Waals surface area (Å²) in [5, 5.41) is 2.92. The first-order valence-electron chi connectivity index (χ1n) is 11.4. The van der Waals surface area contributed by atoms with E-state index in [0.29, 0.717) is 35.6 Å². The van der Waals surface area contributed by atoms with Gasteiger partial charge in [0.15, 0.2) is 0 Å². The molecule has 8 heteroatoms. The zero-order valence-electron chi connectivity index (χ0n) is 19.7. The highest BCUT2D eigenvalue weighted by Crippen LogP contribution is 2.36. The van der Waals surface area contributed by atoms with Crippen molar-refractivity contribution in [2.45, 2.75) is 20.3 Å². The summed E-state index contributed by atoms with van der Waals surface area (Å²) in [5.41, 5.74) is 4.98. The second-order valence-corrected chi connectivity index (χ2v) is 9.03. The Morgan fingerprint density at radius 1 is 1.03 bits per heavy atom. The Labute approximate surface area is 212 Å². The highest BCUT2D eigenvalue weighted by Gasteiger charge is 2.27. The Balaban J connectivity index is 1.43. The molecule has 0 spiro atoms. The van der Waals surface area contributed by atoms with Gasteiger partial charge in [-0.1, -0.05) is 35.9 Å². The molecular formula is C28H22ClFN4O2. The standard InChI is InChI=1S/C28H22ClFN4O2/c1-16-7-8-19(30)13-23(16)27(35)33-20-9-10-21(24(29)14-20)28(36)34-12-11-18-15-31-17(2)32-26(18)22-5-3-4-6-25(22)34/h3-10,13-15H,11-12H2,1-2H3,(H,33,35). The summed E-state index contributed by atoms with van der Waals surface area (Å²) in [6.07, 6.45) is 2.40. The normalized spacial score (nSPS) is 12.4. The van der Waals surface area contributed by atoms with Crippen molar-refractivity contribution in [3.05, 3.63) is 106 Å². The molecule has 2 heterocycles. The van der Waals surface area contributed by atoms with E-state index in [4.69, 9.17) is 11.6 Å². The van der Waals surface area contributed by atoms with Crippen LogP contribution in [0.15, 0.2) is 66.9 Å². The second-order valence-electron chi connectivity index (χ2n) is 8.62. The van der Waals surface area contributed by atoms with Crippen LogP contribution in [0.4, 0.5) is 15.8 Å². The quantitative estimate of drug-likeness (QED) is 0.374. The van der Waals surface area contributed by atoms with E-state index >= 15 is 0 Å². The van der Waals surface area contributed by atoms with Gasteiger partial charge in [-0.05, 0) is 67.8 Å². The van der Waals surface area contributed by atoms with E-state index < -0.39 is 11.7 Å². The average Bonchev–Trinajstić information content (AvgIpc) is 3.02. The molecule has 0 fully saturated rings. The minimum atomic E-state index is -0.495. The van der Waals surface area contributed by atoms with Gasteiger partial charge in [0, 0.05) is 29.6 Å². The molecule has 0 bridgehead atoms. The Morgan fingerprint density at radius 3 is 2.64 bits per heavy atom. The summed E-state index contributed by atoms with van der Waals surface area (Å²) in [6, 6.07) is 16.4. The van der Waals surface area contributed by atoms with E-state index in [1.165, 1.54) is 18.2 Å². The van der Waals surface area contributed by atoms with E-state index in [1.54, 1.807) is 30.0 Å². The first-order valence-corrected chi connectivity index (χ1v) is 11.8. The van der Waals surface area contributed by atoms with Crippen molar-refractivity contribution in [3.8, 4) is 11.3 Å². The number of amides is 2. The summed E-state index contributed by atoms with van der Waals surface area (Å²) in [4.78, 5) is 37.0. The number of aryl methyl sites for hydroxylation is 2. The van der Waals surface area contributed by atoms with E-state index in [-0.39, 0.29) is 16.5 Å². The lowest BCUT2D eigenvalue weighted by Gasteiger charge is -2.23. The molecule has 1 N–H and O–H groups in total. The van der Waals surface area contributed by atoms with Gasteiger partial charge in [0.2, 0.25) is 0 Å². The fourth-order valence-corrected chi connectivity index (χ4v) is 4.59. The van der Waals surface area contributed by atoms with Gasteiger partial charge in [-0.2, -0.15) is 0 Å². The van der Waals surface area contributed by atoms with Crippen molar-refractivity contribution in [1.82, 2.24) is 9.97 Å². The average molecular weight is 501 g/mol. The van der Waals surface area contributed by atoms with Crippen LogP contribution in [0.25, 0.3) is 11.3 Å². The number of carbonyl (C=O) groups is 2. The summed E-state index contributed by atoms with van der Waals surface area (Å²) >= 11 is 6.53. The predicted molar refractivity (Wildman–Crippen MR) is 138 cm³/mol. The highest BCUT2D eigenvalue weighted by molar-refractivity contribution is 6.35. The van der Waals surface area contributed by atoms with E-state index in [2.05, 4.69) is 15.3 Å². The zero-order chi connectivity index (χ0) is 25.4. The van der Waals surface area contributed by atoms with Gasteiger partial charge < -0.3 is 10.2 Å². The molecule has 1 aliphatic rings. The maximum absolute atomic E-state index is 13.7. The SMILES string of the molecule is Cc1ncc2c(n1)-c1ccccc1N(C(=O)c1ccc(NC(=O)c3cc(F)ccc3C)cc1Cl)CC2. The van der Waals surface area contributed by atoms with Crippen LogP contribution in [0.5, 0.6) is 0 Å². The number of hydrogen-bond donors (Lipinski definition) is 1. The van der Waals surface area contributed by atoms with Gasteiger partial charge in [-0.25, -0.2) is 14.4 Å². The van der Waals surface area contributed by atoms with Crippen molar-refractivity contribution >= 4 is 34.8 Å². The molecule has 0 saturated carbocycles. The van der Waals surface area contributed by atoms with Crippen LogP contribution >= 0.6 is 11.6 Å². The van der Waals surface area contributed by atoms with E-state index in [1.807, 2.05) is 37.4 Å². The lowest BCUT2D eigenvalue weighted by atomic mass is 10.0. The van der Waals surface area contributed by atoms with Crippen molar-refractivity contribution in [1.29, 1.82) is 0 Å². The smallest absolute Gasteiger partial charge is 0.259 e. The number of nitrogens with one attached hydrogen (secondary N) is 1. The number of anilines is 2. The summed E-state index contributed by atoms with van der Waals surface area (Å²) in [5.74, 6) is -0.551. The molecule has 0 radical (unpaired) electrons. The first kappa shape index (κ1) is 23.6. The van der Waals surface area contributed by atoms with Crippen LogP contribution in [-0.2, 0) is 6.42 Å². The molecule has 6 nitrogen and oxygen atoms in total. The number of fused-ring (bicyclic) bond motifs is 3. The van der Waals surface area contributed by atoms with Crippen molar-refractivity contribution < 1.29 is 14.0 Å². The molecule has 1 aliphatic heterocycles. The predicted octanol–water partition coefficient (Wildman–Crippen LogP) is 6.01. The third-order valence-electron chi connectivity index (χ3n) is 6.19. The molecule has 0 aliphatic carbocycles. The summed E-state index contributed by atoms with van der Waals surface area (Å²) < 4.78 is 13.6. The maximum Gasteiger partial charge on any atom is 0.259 e. The van der Waals surface area contributed by atoms with Gasteiger partial charge in [0.05, 0.1) is 22.0 Å². The van der Waals surface area contributed by atoms with Crippen LogP contribution in [-0.4, -0.2) is 28.3 Å². The molecule has 3 aromatic carbocycles. The summed E-state index contributed by atoms with van der Waals surface area (Å²) in [7, 11) is 0. The van der Waals surface area contributed by atoms with E-state index in [0.717, 1.165) is 22.5 Å². The minimum Gasteiger partial charge on any atom is -0.322 e. The second kappa shape index (κ2) is 9.51. The number of rotatable bonds is 3. The van der Waals surface area contributed by atoms with Crippen LogP contribution < -0.4 is 10.2 Å². The fraction of sp³-hybridized carbons (Fsp3) is 0.143. The number of aromatic nitrogens is 2. The third-order valence-corrected chi connectivity index (χ3v) is 6.50. The molecule has 5 rings (SSSR count). The zero-order valence-corrected chi connectivity index (χ0v) is 20.4. The molecule has 180 valence electrons. The van der Waals surface area contributed by atoms with Gasteiger partial charge in [-0.15, -0.1) is 0 Å². The third kappa shape index (κ3) is 4.45. The Bertz CT molecular complexity index is 1520. The molecule has 2 amide bonds. The summed E-state index contributed by atoms with van der Waals surface area (Å²) in [6.45, 7) is 4.00. The molecule has 0 unspecified atom stereocenters. The van der Waals surface area contributed by atoms with Crippen LogP contribution in [0.2, 0.25) is 5.02 Å². The largest absolute Gasteiger partial charge is 0.322 e. The molecule has 4 aromatic rings. The Hall–Kier alpha value is -4.10. The molecule has 0 atom stereocenters. The van der Waals surface area contributed by atoms with E-state index in [9.17, 15) is 14.0 Å². The topological polar surface area (TPSA) is 75.2 Å². The Kier molecular flexibility index (Phi) is 6.24. The van der Waals surface area contributed by atoms with Crippen LogP contribution in [0, 0.1) is 19.7 Å². The molecular weight excluding hydrogens is 479 g/mol. The number of carbonyl (C=O) groups excluding carboxylic acids is 2. The van der Waals surface area contributed by atoms with Crippen LogP contribution in [0.1, 0.15) is 37.7 Å². The number of benzene rings is 3. The number of hydrogen-bond acceptors (Lipinski definition) is 4. The van der Waals surface area contributed by atoms with Crippen molar-refractivity contribution in [3.63, 3.8) is 0 Å². The van der Waals surface area contributed by atoms with Gasteiger partial charge in [0.1, 0.15) is 11.6 Å². The minimum absolute atomic E-state index is 0.198. The highest BCUT2D eigenvalue weighted by atomic mass is 35.5. The fourth-order valence-electron chi connectivity index (χ4n) is 4.33. The lowest BCUT2D eigenvalue weighted by Crippen LogP contribution is -2.32. The van der Waals surface area contributed by atoms with Crippen molar-refractivity contribution in [2.24, 2.45) is 0 Å². The molecule has 0 saturated heterocycles. The van der Waals surface area contributed by atoms with Gasteiger partial charge >= 0.3 is 0 Å². The maximum atomic E-state index is 13.7. The molecule has 36 heavy (non-hydrogen) atoms. The van der Waals surface area contributed by atoms with Crippen LogP contribution in [0.3, 0.4) is 0 Å². The van der Waals surface area contributed by atoms with Gasteiger partial charge in [0.25, 0.3) is 11.8 Å². The number of halogens is 2. The van der Waals surface area contributed by atoms with Gasteiger partial charge in [-0.3, -0.25) is 9.59 Å². The molecule has 1 aromatic heterocycles. The first-order chi connectivity index (χ1) is 17.3. The lowest BCUT2D eigenvalue weighted by molar-refractivity contribution is 0.0986. The number of nitrogens with zero attached hydrogens (tertiary/aromatic N) is 3. The monoisotopic (exact) mass is 500 g/mol. The Morgan fingerprint density at radius 2 is 1.83 bits per heavy atom. The number of para-hydroxylation sites is 1. The van der Waals surface area contributed by atoms with Crippen molar-refractivity contribution in [2.75, 3.05) is 16.8 Å².